The molecule has 0 saturated heterocycles. The van der Waals surface area contributed by atoms with Crippen LogP contribution in [0, 0.1) is 13.8 Å². The van der Waals surface area contributed by atoms with Crippen LogP contribution in [0.3, 0.4) is 0 Å². The van der Waals surface area contributed by atoms with Gasteiger partial charge in [-0.2, -0.15) is 0 Å². The highest BCUT2D eigenvalue weighted by Gasteiger charge is 2.07. The topological polar surface area (TPSA) is 48.1 Å². The molecule has 0 aliphatic heterocycles. The molecule has 20 heavy (non-hydrogen) atoms. The summed E-state index contributed by atoms with van der Waals surface area (Å²) in [6.45, 7) is 3.96. The average Bonchev–Trinajstić information content (AvgIpc) is 2.41. The Hall–Kier alpha value is -2.55. The Labute approximate surface area is 118 Å². The third-order valence-electron chi connectivity index (χ3n) is 3.23. The number of benzene rings is 2. The molecular formula is C17H16N2O. The van der Waals surface area contributed by atoms with E-state index in [4.69, 9.17) is 10.5 Å². The summed E-state index contributed by atoms with van der Waals surface area (Å²) in [5, 5.41) is 1.01. The molecule has 0 unspecified atom stereocenters. The Morgan fingerprint density at radius 1 is 0.950 bits per heavy atom. The zero-order chi connectivity index (χ0) is 14.1. The zero-order valence-electron chi connectivity index (χ0n) is 11.6. The first kappa shape index (κ1) is 12.5. The molecule has 100 valence electrons. The van der Waals surface area contributed by atoms with Gasteiger partial charge in [0.15, 0.2) is 0 Å². The third-order valence-corrected chi connectivity index (χ3v) is 3.23. The van der Waals surface area contributed by atoms with Crippen molar-refractivity contribution in [2.75, 3.05) is 5.73 Å². The lowest BCUT2D eigenvalue weighted by atomic mass is 10.1. The molecule has 0 atom stereocenters. The number of para-hydroxylation sites is 1. The number of hydrogen-bond acceptors (Lipinski definition) is 3. The average molecular weight is 264 g/mol. The van der Waals surface area contributed by atoms with Gasteiger partial charge in [0.05, 0.1) is 5.52 Å². The van der Waals surface area contributed by atoms with E-state index in [9.17, 15) is 0 Å². The van der Waals surface area contributed by atoms with Crippen LogP contribution in [-0.4, -0.2) is 4.98 Å². The minimum Gasteiger partial charge on any atom is -0.456 e. The second-order valence-corrected chi connectivity index (χ2v) is 4.91. The van der Waals surface area contributed by atoms with Crippen LogP contribution in [0.5, 0.6) is 11.5 Å². The fraction of sp³-hybridized carbons (Fsp3) is 0.118. The van der Waals surface area contributed by atoms with Gasteiger partial charge >= 0.3 is 0 Å². The first-order chi connectivity index (χ1) is 9.63. The van der Waals surface area contributed by atoms with Gasteiger partial charge in [-0.05, 0) is 49.7 Å². The summed E-state index contributed by atoms with van der Waals surface area (Å²) in [6, 6.07) is 15.6. The van der Waals surface area contributed by atoms with Crippen molar-refractivity contribution < 1.29 is 4.74 Å². The van der Waals surface area contributed by atoms with Gasteiger partial charge < -0.3 is 10.5 Å². The summed E-state index contributed by atoms with van der Waals surface area (Å²) in [6.07, 6.45) is 0. The SMILES string of the molecule is Cc1cc(Oc2ccc(N)cc2C)c2ccccc2n1. The van der Waals surface area contributed by atoms with E-state index in [1.54, 1.807) is 0 Å². The molecule has 1 heterocycles. The number of rotatable bonds is 2. The van der Waals surface area contributed by atoms with Gasteiger partial charge in [-0.25, -0.2) is 0 Å². The molecule has 0 amide bonds. The van der Waals surface area contributed by atoms with Crippen LogP contribution >= 0.6 is 0 Å². The van der Waals surface area contributed by atoms with E-state index < -0.39 is 0 Å². The van der Waals surface area contributed by atoms with Crippen LogP contribution in [0.4, 0.5) is 5.69 Å². The Kier molecular flexibility index (Phi) is 3.03. The van der Waals surface area contributed by atoms with Gasteiger partial charge in [0.2, 0.25) is 0 Å². The Bertz CT molecular complexity index is 781. The molecule has 2 N–H and O–H groups in total. The Balaban J connectivity index is 2.10. The van der Waals surface area contributed by atoms with E-state index in [0.29, 0.717) is 0 Å². The van der Waals surface area contributed by atoms with Crippen molar-refractivity contribution in [3.63, 3.8) is 0 Å². The van der Waals surface area contributed by atoms with Crippen LogP contribution in [0.2, 0.25) is 0 Å². The van der Waals surface area contributed by atoms with E-state index in [1.165, 1.54) is 0 Å². The maximum absolute atomic E-state index is 6.06. The number of hydrogen-bond donors (Lipinski definition) is 1. The zero-order valence-corrected chi connectivity index (χ0v) is 11.6. The summed E-state index contributed by atoms with van der Waals surface area (Å²) in [7, 11) is 0. The predicted molar refractivity (Wildman–Crippen MR) is 82.1 cm³/mol. The van der Waals surface area contributed by atoms with Gasteiger partial charge in [-0.15, -0.1) is 0 Å². The second-order valence-electron chi connectivity index (χ2n) is 4.91. The Morgan fingerprint density at radius 2 is 1.75 bits per heavy atom. The normalized spacial score (nSPS) is 10.7. The number of aryl methyl sites for hydroxylation is 2. The molecule has 0 bridgehead atoms. The van der Waals surface area contributed by atoms with E-state index in [-0.39, 0.29) is 0 Å². The van der Waals surface area contributed by atoms with Crippen molar-refractivity contribution in [2.45, 2.75) is 13.8 Å². The molecule has 0 aliphatic rings. The standard InChI is InChI=1S/C17H16N2O/c1-11-9-13(18)7-8-16(11)20-17-10-12(2)19-15-6-4-3-5-14(15)17/h3-10H,18H2,1-2H3. The van der Waals surface area contributed by atoms with Gasteiger partial charge in [0.1, 0.15) is 11.5 Å². The number of pyridine rings is 1. The first-order valence-corrected chi connectivity index (χ1v) is 6.54. The molecule has 3 nitrogen and oxygen atoms in total. The van der Waals surface area contributed by atoms with Crippen molar-refractivity contribution >= 4 is 16.6 Å². The molecule has 3 heteroatoms. The quantitative estimate of drug-likeness (QED) is 0.705. The van der Waals surface area contributed by atoms with E-state index in [1.807, 2.05) is 62.4 Å². The molecule has 0 saturated carbocycles. The van der Waals surface area contributed by atoms with Crippen molar-refractivity contribution in [1.82, 2.24) is 4.98 Å². The Morgan fingerprint density at radius 3 is 2.55 bits per heavy atom. The number of anilines is 1. The second kappa shape index (κ2) is 4.85. The van der Waals surface area contributed by atoms with E-state index >= 15 is 0 Å². The van der Waals surface area contributed by atoms with Gasteiger partial charge in [0.25, 0.3) is 0 Å². The molecular weight excluding hydrogens is 248 g/mol. The molecule has 1 aromatic heterocycles. The van der Waals surface area contributed by atoms with E-state index in [0.717, 1.165) is 39.3 Å². The van der Waals surface area contributed by atoms with Crippen molar-refractivity contribution in [2.24, 2.45) is 0 Å². The lowest BCUT2D eigenvalue weighted by molar-refractivity contribution is 0.483. The van der Waals surface area contributed by atoms with E-state index in [2.05, 4.69) is 4.98 Å². The van der Waals surface area contributed by atoms with Crippen LogP contribution in [0.1, 0.15) is 11.3 Å². The molecule has 3 aromatic rings. The summed E-state index contributed by atoms with van der Waals surface area (Å²) in [5.41, 5.74) is 9.41. The number of nitrogens with two attached hydrogens (primary N) is 1. The molecule has 2 aromatic carbocycles. The highest BCUT2D eigenvalue weighted by Crippen LogP contribution is 2.32. The summed E-state index contributed by atoms with van der Waals surface area (Å²) < 4.78 is 6.06. The van der Waals surface area contributed by atoms with Crippen LogP contribution in [0.25, 0.3) is 10.9 Å². The maximum atomic E-state index is 6.06. The van der Waals surface area contributed by atoms with Crippen molar-refractivity contribution in [3.8, 4) is 11.5 Å². The van der Waals surface area contributed by atoms with Crippen LogP contribution in [0.15, 0.2) is 48.5 Å². The monoisotopic (exact) mass is 264 g/mol. The summed E-state index contributed by atoms with van der Waals surface area (Å²) >= 11 is 0. The highest BCUT2D eigenvalue weighted by atomic mass is 16.5. The molecule has 0 spiro atoms. The molecule has 0 fully saturated rings. The molecule has 0 aliphatic carbocycles. The van der Waals surface area contributed by atoms with Gasteiger partial charge in [-0.1, -0.05) is 12.1 Å². The number of fused-ring (bicyclic) bond motifs is 1. The largest absolute Gasteiger partial charge is 0.456 e. The van der Waals surface area contributed by atoms with Gasteiger partial charge in [-0.3, -0.25) is 4.98 Å². The minimum absolute atomic E-state index is 0.741. The lowest BCUT2D eigenvalue weighted by Gasteiger charge is -2.12. The number of nitrogens with zero attached hydrogens (tertiary/aromatic N) is 1. The number of nitrogen functional groups attached to an aromatic ring is 1. The van der Waals surface area contributed by atoms with Gasteiger partial charge in [0, 0.05) is 22.8 Å². The third kappa shape index (κ3) is 2.30. The molecule has 0 radical (unpaired) electrons. The fourth-order valence-corrected chi connectivity index (χ4v) is 2.26. The summed E-state index contributed by atoms with van der Waals surface area (Å²) in [5.74, 6) is 1.64. The predicted octanol–water partition coefficient (Wildman–Crippen LogP) is 4.23. The maximum Gasteiger partial charge on any atom is 0.138 e. The molecule has 3 rings (SSSR count). The lowest BCUT2D eigenvalue weighted by Crippen LogP contribution is -1.93. The van der Waals surface area contributed by atoms with Crippen molar-refractivity contribution in [3.05, 3.63) is 59.8 Å². The summed E-state index contributed by atoms with van der Waals surface area (Å²) in [4.78, 5) is 4.51. The number of ether oxygens (including phenoxy) is 1. The fourth-order valence-electron chi connectivity index (χ4n) is 2.26. The highest BCUT2D eigenvalue weighted by molar-refractivity contribution is 5.85. The van der Waals surface area contributed by atoms with Crippen molar-refractivity contribution in [1.29, 1.82) is 0 Å². The minimum atomic E-state index is 0.741. The smallest absolute Gasteiger partial charge is 0.138 e. The number of aromatic nitrogens is 1. The van der Waals surface area contributed by atoms with Crippen LogP contribution < -0.4 is 10.5 Å². The van der Waals surface area contributed by atoms with Crippen LogP contribution in [-0.2, 0) is 0 Å². The first-order valence-electron chi connectivity index (χ1n) is 6.54.